The molecule has 4 rings (SSSR count). The average Bonchev–Trinajstić information content (AvgIpc) is 3.04. The Morgan fingerprint density at radius 2 is 2.04 bits per heavy atom. The predicted octanol–water partition coefficient (Wildman–Crippen LogP) is 3.04. The van der Waals surface area contributed by atoms with Gasteiger partial charge in [0.2, 0.25) is 0 Å². The van der Waals surface area contributed by atoms with Crippen LogP contribution >= 0.6 is 0 Å². The van der Waals surface area contributed by atoms with Gasteiger partial charge in [-0.25, -0.2) is 0 Å². The molecule has 2 aromatic rings. The van der Waals surface area contributed by atoms with Crippen LogP contribution in [-0.2, 0) is 11.3 Å². The summed E-state index contributed by atoms with van der Waals surface area (Å²) >= 11 is 0. The van der Waals surface area contributed by atoms with Gasteiger partial charge < -0.3 is 14.1 Å². The summed E-state index contributed by atoms with van der Waals surface area (Å²) in [4.78, 5) is 17.9. The fraction of sp³-hybridized carbons (Fsp3) is 0.591. The molecule has 0 saturated carbocycles. The summed E-state index contributed by atoms with van der Waals surface area (Å²) < 4.78 is 11.0. The molecule has 0 N–H and O–H groups in total. The monoisotopic (exact) mass is 370 g/mol. The number of methoxy groups -OCH3 is 1. The standard InChI is InChI=1S/C22H30N2O3/c1-17-4-5-20-19(12-17)21(25)18(14-27-20)13-24-9-7-22(16-24)6-3-8-23(15-22)10-11-26-2/h4-5,12,14H,3,6-11,13,15-16H2,1-2H3. The van der Waals surface area contributed by atoms with E-state index in [-0.39, 0.29) is 5.43 Å². The maximum Gasteiger partial charge on any atom is 0.197 e. The minimum atomic E-state index is 0.117. The molecule has 0 aliphatic carbocycles. The largest absolute Gasteiger partial charge is 0.464 e. The highest BCUT2D eigenvalue weighted by Crippen LogP contribution is 2.39. The number of ether oxygens (including phenoxy) is 1. The maximum absolute atomic E-state index is 12.9. The minimum Gasteiger partial charge on any atom is -0.464 e. The summed E-state index contributed by atoms with van der Waals surface area (Å²) in [6.07, 6.45) is 5.43. The number of nitrogens with zero attached hydrogens (tertiary/aromatic N) is 2. The molecule has 0 radical (unpaired) electrons. The lowest BCUT2D eigenvalue weighted by Crippen LogP contribution is -2.45. The summed E-state index contributed by atoms with van der Waals surface area (Å²) in [5, 5.41) is 0.699. The Bertz CT molecular complexity index is 862. The molecule has 2 aliphatic rings. The Labute approximate surface area is 160 Å². The quantitative estimate of drug-likeness (QED) is 0.810. The Balaban J connectivity index is 1.46. The highest BCUT2D eigenvalue weighted by molar-refractivity contribution is 5.77. The van der Waals surface area contributed by atoms with E-state index in [9.17, 15) is 4.79 Å². The van der Waals surface area contributed by atoms with Crippen molar-refractivity contribution in [1.29, 1.82) is 0 Å². The first-order chi connectivity index (χ1) is 13.1. The van der Waals surface area contributed by atoms with Crippen molar-refractivity contribution < 1.29 is 9.15 Å². The molecule has 2 fully saturated rings. The first-order valence-electron chi connectivity index (χ1n) is 10.0. The third-order valence-electron chi connectivity index (χ3n) is 6.26. The van der Waals surface area contributed by atoms with Gasteiger partial charge in [0.05, 0.1) is 18.3 Å². The summed E-state index contributed by atoms with van der Waals surface area (Å²) in [6.45, 7) is 8.98. The summed E-state index contributed by atoms with van der Waals surface area (Å²) in [6, 6.07) is 5.80. The third kappa shape index (κ3) is 3.96. The van der Waals surface area contributed by atoms with E-state index in [1.807, 2.05) is 25.1 Å². The van der Waals surface area contributed by atoms with E-state index in [1.54, 1.807) is 13.4 Å². The zero-order valence-electron chi connectivity index (χ0n) is 16.5. The summed E-state index contributed by atoms with van der Waals surface area (Å²) in [7, 11) is 1.77. The molecule has 0 amide bonds. The molecule has 1 aromatic carbocycles. The summed E-state index contributed by atoms with van der Waals surface area (Å²) in [5.41, 5.74) is 3.03. The van der Waals surface area contributed by atoms with Gasteiger partial charge in [-0.05, 0) is 56.8 Å². The zero-order valence-corrected chi connectivity index (χ0v) is 16.5. The first-order valence-corrected chi connectivity index (χ1v) is 10.0. The van der Waals surface area contributed by atoms with Gasteiger partial charge in [0.25, 0.3) is 0 Å². The van der Waals surface area contributed by atoms with Crippen LogP contribution in [0.4, 0.5) is 0 Å². The Kier molecular flexibility index (Phi) is 5.35. The fourth-order valence-electron chi connectivity index (χ4n) is 4.85. The van der Waals surface area contributed by atoms with E-state index in [1.165, 1.54) is 25.8 Å². The van der Waals surface area contributed by atoms with Crippen LogP contribution < -0.4 is 5.43 Å². The Morgan fingerprint density at radius 1 is 1.19 bits per heavy atom. The van der Waals surface area contributed by atoms with Gasteiger partial charge in [-0.15, -0.1) is 0 Å². The highest BCUT2D eigenvalue weighted by Gasteiger charge is 2.41. The number of benzene rings is 1. The summed E-state index contributed by atoms with van der Waals surface area (Å²) in [5.74, 6) is 0. The topological polar surface area (TPSA) is 45.9 Å². The van der Waals surface area contributed by atoms with Gasteiger partial charge >= 0.3 is 0 Å². The van der Waals surface area contributed by atoms with Gasteiger partial charge in [-0.2, -0.15) is 0 Å². The molecule has 2 aliphatic heterocycles. The van der Waals surface area contributed by atoms with Gasteiger partial charge in [-0.1, -0.05) is 11.6 Å². The number of rotatable bonds is 5. The van der Waals surface area contributed by atoms with Gasteiger partial charge in [0.1, 0.15) is 5.58 Å². The van der Waals surface area contributed by atoms with Crippen molar-refractivity contribution >= 4 is 11.0 Å². The number of piperidine rings is 1. The SMILES string of the molecule is COCCN1CCCC2(CCN(Cc3coc4ccc(C)cc4c3=O)C2)C1. The maximum atomic E-state index is 12.9. The van der Waals surface area contributed by atoms with E-state index in [0.717, 1.165) is 43.9 Å². The van der Waals surface area contributed by atoms with Gasteiger partial charge in [0, 0.05) is 38.9 Å². The molecular weight excluding hydrogens is 340 g/mol. The van der Waals surface area contributed by atoms with E-state index in [4.69, 9.17) is 9.15 Å². The molecule has 5 heteroatoms. The van der Waals surface area contributed by atoms with Crippen molar-refractivity contribution in [2.45, 2.75) is 32.7 Å². The predicted molar refractivity (Wildman–Crippen MR) is 107 cm³/mol. The number of likely N-dealkylation sites (tertiary alicyclic amines) is 2. The molecule has 1 aromatic heterocycles. The first kappa shape index (κ1) is 18.7. The van der Waals surface area contributed by atoms with Crippen molar-refractivity contribution in [2.24, 2.45) is 5.41 Å². The molecule has 1 atom stereocenters. The van der Waals surface area contributed by atoms with Crippen molar-refractivity contribution in [1.82, 2.24) is 9.80 Å². The van der Waals surface area contributed by atoms with Crippen LogP contribution in [0.5, 0.6) is 0 Å². The molecule has 3 heterocycles. The van der Waals surface area contributed by atoms with Crippen LogP contribution in [0.3, 0.4) is 0 Å². The number of aryl methyl sites for hydroxylation is 1. The number of hydrogen-bond donors (Lipinski definition) is 0. The lowest BCUT2D eigenvalue weighted by molar-refractivity contribution is 0.0673. The highest BCUT2D eigenvalue weighted by atomic mass is 16.5. The van der Waals surface area contributed by atoms with Crippen LogP contribution in [0.1, 0.15) is 30.4 Å². The molecule has 2 saturated heterocycles. The van der Waals surface area contributed by atoms with E-state index in [0.29, 0.717) is 22.9 Å². The number of hydrogen-bond acceptors (Lipinski definition) is 5. The molecule has 146 valence electrons. The van der Waals surface area contributed by atoms with E-state index >= 15 is 0 Å². The average molecular weight is 370 g/mol. The van der Waals surface area contributed by atoms with Crippen LogP contribution in [0.2, 0.25) is 0 Å². The van der Waals surface area contributed by atoms with Crippen molar-refractivity contribution in [3.05, 3.63) is 45.8 Å². The molecule has 0 bridgehead atoms. The van der Waals surface area contributed by atoms with Crippen LogP contribution in [-0.4, -0.2) is 56.2 Å². The van der Waals surface area contributed by atoms with Crippen molar-refractivity contribution in [3.8, 4) is 0 Å². The smallest absolute Gasteiger partial charge is 0.197 e. The second-order valence-corrected chi connectivity index (χ2v) is 8.42. The van der Waals surface area contributed by atoms with Crippen molar-refractivity contribution in [3.63, 3.8) is 0 Å². The van der Waals surface area contributed by atoms with E-state index < -0.39 is 0 Å². The molecular formula is C22H30N2O3. The fourth-order valence-corrected chi connectivity index (χ4v) is 4.85. The Hall–Kier alpha value is -1.69. The Morgan fingerprint density at radius 3 is 2.89 bits per heavy atom. The number of fused-ring (bicyclic) bond motifs is 1. The third-order valence-corrected chi connectivity index (χ3v) is 6.26. The molecule has 1 spiro atoms. The molecule has 27 heavy (non-hydrogen) atoms. The normalized spacial score (nSPS) is 24.2. The van der Waals surface area contributed by atoms with Gasteiger partial charge in [-0.3, -0.25) is 9.69 Å². The van der Waals surface area contributed by atoms with Crippen molar-refractivity contribution in [2.75, 3.05) is 46.4 Å². The minimum absolute atomic E-state index is 0.117. The lowest BCUT2D eigenvalue weighted by Gasteiger charge is -2.40. The van der Waals surface area contributed by atoms with Crippen LogP contribution in [0, 0.1) is 12.3 Å². The molecule has 1 unspecified atom stereocenters. The van der Waals surface area contributed by atoms with Crippen LogP contribution in [0.25, 0.3) is 11.0 Å². The van der Waals surface area contributed by atoms with Gasteiger partial charge in [0.15, 0.2) is 5.43 Å². The van der Waals surface area contributed by atoms with Crippen LogP contribution in [0.15, 0.2) is 33.7 Å². The second-order valence-electron chi connectivity index (χ2n) is 8.42. The molecule has 5 nitrogen and oxygen atoms in total. The lowest BCUT2D eigenvalue weighted by atomic mass is 9.79. The second kappa shape index (κ2) is 7.74. The van der Waals surface area contributed by atoms with E-state index in [2.05, 4.69) is 9.80 Å². The zero-order chi connectivity index (χ0) is 18.9.